The molecule has 0 aliphatic heterocycles. The molecule has 0 radical (unpaired) electrons. The van der Waals surface area contributed by atoms with E-state index in [4.69, 9.17) is 4.74 Å². The third-order valence-corrected chi connectivity index (χ3v) is 2.64. The lowest BCUT2D eigenvalue weighted by molar-refractivity contribution is 0.312. The lowest BCUT2D eigenvalue weighted by Crippen LogP contribution is -1.95. The molecule has 2 aromatic rings. The topological polar surface area (TPSA) is 9.23 Å². The molecule has 0 amide bonds. The number of para-hydroxylation sites is 1. The average molecular weight is 238 g/mol. The first-order chi connectivity index (χ1) is 8.95. The van der Waals surface area contributed by atoms with Crippen LogP contribution in [0.3, 0.4) is 0 Å². The fourth-order valence-electron chi connectivity index (χ4n) is 1.69. The second kappa shape index (κ2) is 7.33. The lowest BCUT2D eigenvalue weighted by atomic mass is 10.2. The van der Waals surface area contributed by atoms with Gasteiger partial charge in [0, 0.05) is 0 Å². The lowest BCUT2D eigenvalue weighted by Gasteiger charge is -2.03. The normalized spacial score (nSPS) is 10.7. The minimum absolute atomic E-state index is 0.767. The highest BCUT2D eigenvalue weighted by atomic mass is 16.5. The minimum Gasteiger partial charge on any atom is -0.494 e. The molecule has 1 nitrogen and oxygen atoms in total. The van der Waals surface area contributed by atoms with Crippen LogP contribution in [-0.2, 0) is 0 Å². The number of ether oxygens (including phenoxy) is 1. The minimum atomic E-state index is 0.767. The fraction of sp³-hybridized carbons (Fsp3) is 0.176. The number of hydrogen-bond donors (Lipinski definition) is 0. The van der Waals surface area contributed by atoms with Crippen LogP contribution in [0.5, 0.6) is 5.75 Å². The molecule has 0 aliphatic rings. The van der Waals surface area contributed by atoms with E-state index < -0.39 is 0 Å². The summed E-state index contributed by atoms with van der Waals surface area (Å²) in [4.78, 5) is 0. The van der Waals surface area contributed by atoms with Gasteiger partial charge in [-0.1, -0.05) is 60.7 Å². The maximum Gasteiger partial charge on any atom is 0.119 e. The number of rotatable bonds is 6. The van der Waals surface area contributed by atoms with Gasteiger partial charge < -0.3 is 4.74 Å². The smallest absolute Gasteiger partial charge is 0.119 e. The van der Waals surface area contributed by atoms with E-state index in [0.717, 1.165) is 25.2 Å². The number of benzene rings is 2. The molecule has 18 heavy (non-hydrogen) atoms. The Bertz CT molecular complexity index is 459. The van der Waals surface area contributed by atoms with E-state index in [2.05, 4.69) is 36.4 Å². The van der Waals surface area contributed by atoms with Gasteiger partial charge in [0.05, 0.1) is 6.61 Å². The van der Waals surface area contributed by atoms with Crippen molar-refractivity contribution < 1.29 is 4.74 Å². The van der Waals surface area contributed by atoms with Gasteiger partial charge in [0.15, 0.2) is 0 Å². The zero-order valence-corrected chi connectivity index (χ0v) is 10.5. The Morgan fingerprint density at radius 3 is 2.22 bits per heavy atom. The van der Waals surface area contributed by atoms with Crippen molar-refractivity contribution in [3.05, 3.63) is 72.3 Å². The van der Waals surface area contributed by atoms with Crippen LogP contribution in [0.1, 0.15) is 18.4 Å². The molecule has 92 valence electrons. The molecule has 2 aromatic carbocycles. The Morgan fingerprint density at radius 2 is 1.50 bits per heavy atom. The van der Waals surface area contributed by atoms with Gasteiger partial charge in [0.1, 0.15) is 5.75 Å². The van der Waals surface area contributed by atoms with Gasteiger partial charge in [-0.3, -0.25) is 0 Å². The summed E-state index contributed by atoms with van der Waals surface area (Å²) < 4.78 is 5.62. The van der Waals surface area contributed by atoms with Crippen LogP contribution in [0.4, 0.5) is 0 Å². The van der Waals surface area contributed by atoms with Crippen LogP contribution < -0.4 is 4.74 Å². The molecule has 0 heterocycles. The van der Waals surface area contributed by atoms with Crippen molar-refractivity contribution in [2.24, 2.45) is 0 Å². The second-order valence-electron chi connectivity index (χ2n) is 4.12. The van der Waals surface area contributed by atoms with Crippen LogP contribution in [-0.4, -0.2) is 6.61 Å². The Morgan fingerprint density at radius 1 is 0.833 bits per heavy atom. The zero-order chi connectivity index (χ0) is 12.5. The van der Waals surface area contributed by atoms with Gasteiger partial charge >= 0.3 is 0 Å². The molecule has 0 fully saturated rings. The predicted octanol–water partition coefficient (Wildman–Crippen LogP) is 4.56. The number of unbranched alkanes of at least 4 members (excludes halogenated alkanes) is 1. The molecule has 0 spiro atoms. The van der Waals surface area contributed by atoms with Crippen LogP contribution in [0, 0.1) is 0 Å². The standard InChI is InChI=1S/C17H18O/c1-4-10-16(11-5-1)12-6-3-9-15-18-17-13-7-2-8-14-17/h1-2,4-8,10-14H,3,9,15H2. The van der Waals surface area contributed by atoms with Crippen LogP contribution in [0.15, 0.2) is 66.7 Å². The first-order valence-corrected chi connectivity index (χ1v) is 6.34. The highest BCUT2D eigenvalue weighted by Crippen LogP contribution is 2.09. The molecule has 0 saturated heterocycles. The van der Waals surface area contributed by atoms with E-state index in [1.54, 1.807) is 0 Å². The van der Waals surface area contributed by atoms with Crippen molar-refractivity contribution in [3.8, 4) is 5.75 Å². The van der Waals surface area contributed by atoms with Crippen molar-refractivity contribution in [2.45, 2.75) is 12.8 Å². The summed E-state index contributed by atoms with van der Waals surface area (Å²) in [5.74, 6) is 0.949. The first kappa shape index (κ1) is 12.4. The molecule has 0 aromatic heterocycles. The van der Waals surface area contributed by atoms with E-state index in [1.807, 2.05) is 36.4 Å². The largest absolute Gasteiger partial charge is 0.494 e. The molecule has 2 rings (SSSR count). The molecular weight excluding hydrogens is 220 g/mol. The molecule has 0 aliphatic carbocycles. The van der Waals surface area contributed by atoms with Crippen molar-refractivity contribution >= 4 is 6.08 Å². The van der Waals surface area contributed by atoms with Crippen LogP contribution >= 0.6 is 0 Å². The van der Waals surface area contributed by atoms with E-state index in [0.29, 0.717) is 0 Å². The van der Waals surface area contributed by atoms with Gasteiger partial charge in [0.25, 0.3) is 0 Å². The Hall–Kier alpha value is -2.02. The molecule has 0 unspecified atom stereocenters. The van der Waals surface area contributed by atoms with Gasteiger partial charge in [-0.2, -0.15) is 0 Å². The van der Waals surface area contributed by atoms with E-state index >= 15 is 0 Å². The van der Waals surface area contributed by atoms with Crippen molar-refractivity contribution in [2.75, 3.05) is 6.61 Å². The van der Waals surface area contributed by atoms with E-state index in [1.165, 1.54) is 5.56 Å². The summed E-state index contributed by atoms with van der Waals surface area (Å²) in [5.41, 5.74) is 1.25. The van der Waals surface area contributed by atoms with E-state index in [-0.39, 0.29) is 0 Å². The first-order valence-electron chi connectivity index (χ1n) is 6.34. The monoisotopic (exact) mass is 238 g/mol. The molecule has 1 heteroatoms. The van der Waals surface area contributed by atoms with Gasteiger partial charge in [0.2, 0.25) is 0 Å². The number of hydrogen-bond acceptors (Lipinski definition) is 1. The summed E-state index contributed by atoms with van der Waals surface area (Å²) >= 11 is 0. The molecular formula is C17H18O. The van der Waals surface area contributed by atoms with Crippen molar-refractivity contribution in [1.29, 1.82) is 0 Å². The molecule has 0 bridgehead atoms. The summed E-state index contributed by atoms with van der Waals surface area (Å²) in [5, 5.41) is 0. The Kier molecular flexibility index (Phi) is 5.07. The Labute approximate surface area is 109 Å². The SMILES string of the molecule is C(=Cc1ccccc1)CCCOc1ccccc1. The van der Waals surface area contributed by atoms with Crippen molar-refractivity contribution in [3.63, 3.8) is 0 Å². The number of allylic oxidation sites excluding steroid dienone is 1. The van der Waals surface area contributed by atoms with Crippen LogP contribution in [0.2, 0.25) is 0 Å². The third kappa shape index (κ3) is 4.46. The van der Waals surface area contributed by atoms with Crippen molar-refractivity contribution in [1.82, 2.24) is 0 Å². The average Bonchev–Trinajstić information content (AvgIpc) is 2.45. The highest BCUT2D eigenvalue weighted by molar-refractivity contribution is 5.48. The summed E-state index contributed by atoms with van der Waals surface area (Å²) in [7, 11) is 0. The van der Waals surface area contributed by atoms with Gasteiger partial charge in [-0.05, 0) is 30.5 Å². The Balaban J connectivity index is 1.63. The predicted molar refractivity (Wildman–Crippen MR) is 76.6 cm³/mol. The maximum absolute atomic E-state index is 5.62. The zero-order valence-electron chi connectivity index (χ0n) is 10.5. The molecule has 0 N–H and O–H groups in total. The summed E-state index contributed by atoms with van der Waals surface area (Å²) in [6.07, 6.45) is 6.44. The fourth-order valence-corrected chi connectivity index (χ4v) is 1.69. The molecule has 0 atom stereocenters. The third-order valence-electron chi connectivity index (χ3n) is 2.64. The summed E-state index contributed by atoms with van der Waals surface area (Å²) in [6.45, 7) is 0.767. The highest BCUT2D eigenvalue weighted by Gasteiger charge is 1.90. The van der Waals surface area contributed by atoms with Crippen LogP contribution in [0.25, 0.3) is 6.08 Å². The maximum atomic E-state index is 5.62. The summed E-state index contributed by atoms with van der Waals surface area (Å²) in [6, 6.07) is 20.3. The second-order valence-corrected chi connectivity index (χ2v) is 4.12. The quantitative estimate of drug-likeness (QED) is 0.670. The van der Waals surface area contributed by atoms with Gasteiger partial charge in [-0.25, -0.2) is 0 Å². The van der Waals surface area contributed by atoms with E-state index in [9.17, 15) is 0 Å². The molecule has 0 saturated carbocycles. The van der Waals surface area contributed by atoms with Gasteiger partial charge in [-0.15, -0.1) is 0 Å².